The number of aliphatic imine (C=N–C) groups is 1. The first-order chi connectivity index (χ1) is 14.9. The molecule has 0 unspecified atom stereocenters. The molecule has 3 N–H and O–H groups in total. The quantitative estimate of drug-likeness (QED) is 0.264. The Hall–Kier alpha value is -3.00. The van der Waals surface area contributed by atoms with E-state index < -0.39 is 12.8 Å². The number of alkyl halides is 3. The Morgan fingerprint density at radius 1 is 1.03 bits per heavy atom. The number of aromatic nitrogens is 1. The molecule has 0 amide bonds. The fraction of sp³-hybridized carbons (Fsp3) is 0.348. The van der Waals surface area contributed by atoms with Crippen molar-refractivity contribution in [3.8, 4) is 0 Å². The summed E-state index contributed by atoms with van der Waals surface area (Å²) in [6, 6.07) is 15.5. The number of hydrogen-bond donors (Lipinski definition) is 3. The summed E-state index contributed by atoms with van der Waals surface area (Å²) in [6.45, 7) is 0.0476. The number of hydrogen-bond acceptors (Lipinski definition) is 2. The second-order valence-electron chi connectivity index (χ2n) is 7.24. The van der Waals surface area contributed by atoms with Crippen molar-refractivity contribution in [3.63, 3.8) is 0 Å². The first-order valence-corrected chi connectivity index (χ1v) is 10.2. The van der Waals surface area contributed by atoms with Crippen molar-refractivity contribution in [2.24, 2.45) is 4.99 Å². The van der Waals surface area contributed by atoms with Crippen LogP contribution in [-0.2, 0) is 24.3 Å². The number of halogens is 3. The molecule has 1 aromatic heterocycles. The van der Waals surface area contributed by atoms with Crippen LogP contribution in [0.3, 0.4) is 0 Å². The van der Waals surface area contributed by atoms with Crippen molar-refractivity contribution in [2.75, 3.05) is 20.2 Å². The topological polar surface area (TPSA) is 61.4 Å². The van der Waals surface area contributed by atoms with Crippen molar-refractivity contribution in [3.05, 3.63) is 71.4 Å². The molecule has 31 heavy (non-hydrogen) atoms. The fourth-order valence-electron chi connectivity index (χ4n) is 3.27. The summed E-state index contributed by atoms with van der Waals surface area (Å²) in [7, 11) is 1.72. The molecular formula is C23H27F3N4O. The van der Waals surface area contributed by atoms with Gasteiger partial charge in [-0.3, -0.25) is 4.99 Å². The van der Waals surface area contributed by atoms with Gasteiger partial charge in [-0.15, -0.1) is 0 Å². The van der Waals surface area contributed by atoms with Gasteiger partial charge < -0.3 is 20.4 Å². The number of para-hydroxylation sites is 1. The Morgan fingerprint density at radius 3 is 2.52 bits per heavy atom. The van der Waals surface area contributed by atoms with Crippen LogP contribution in [0.15, 0.2) is 59.7 Å². The zero-order valence-electron chi connectivity index (χ0n) is 17.4. The van der Waals surface area contributed by atoms with Gasteiger partial charge in [-0.25, -0.2) is 0 Å². The summed E-state index contributed by atoms with van der Waals surface area (Å²) in [5.41, 5.74) is 4.16. The highest BCUT2D eigenvalue weighted by Gasteiger charge is 2.27. The Bertz CT molecular complexity index is 980. The summed E-state index contributed by atoms with van der Waals surface area (Å²) in [4.78, 5) is 7.53. The van der Waals surface area contributed by atoms with Gasteiger partial charge in [0.15, 0.2) is 5.96 Å². The van der Waals surface area contributed by atoms with E-state index in [2.05, 4.69) is 43.7 Å². The first kappa shape index (κ1) is 22.7. The van der Waals surface area contributed by atoms with Gasteiger partial charge in [0.25, 0.3) is 0 Å². The Labute approximate surface area is 179 Å². The predicted molar refractivity (Wildman–Crippen MR) is 117 cm³/mol. The number of guanidine groups is 1. The monoisotopic (exact) mass is 432 g/mol. The van der Waals surface area contributed by atoms with Crippen LogP contribution < -0.4 is 10.6 Å². The molecule has 1 heterocycles. The number of fused-ring (bicyclic) bond motifs is 1. The summed E-state index contributed by atoms with van der Waals surface area (Å²) in [5, 5.41) is 7.81. The van der Waals surface area contributed by atoms with E-state index >= 15 is 0 Å². The largest absolute Gasteiger partial charge is 0.411 e. The van der Waals surface area contributed by atoms with Crippen LogP contribution in [0.4, 0.5) is 13.2 Å². The second-order valence-corrected chi connectivity index (χ2v) is 7.24. The van der Waals surface area contributed by atoms with Gasteiger partial charge in [-0.05, 0) is 35.6 Å². The molecule has 0 aliphatic heterocycles. The molecule has 0 fully saturated rings. The summed E-state index contributed by atoms with van der Waals surface area (Å²) >= 11 is 0. The Morgan fingerprint density at radius 2 is 1.77 bits per heavy atom. The van der Waals surface area contributed by atoms with Gasteiger partial charge in [0.05, 0.1) is 6.61 Å². The molecule has 3 rings (SSSR count). The summed E-state index contributed by atoms with van der Waals surface area (Å²) in [6.07, 6.45) is -0.307. The average molecular weight is 432 g/mol. The highest BCUT2D eigenvalue weighted by atomic mass is 19.4. The molecule has 5 nitrogen and oxygen atoms in total. The second kappa shape index (κ2) is 10.9. The maximum Gasteiger partial charge on any atom is 0.411 e. The number of ether oxygens (including phenoxy) is 1. The van der Waals surface area contributed by atoms with Crippen LogP contribution in [-0.4, -0.2) is 37.3 Å². The third kappa shape index (κ3) is 7.32. The minimum Gasteiger partial charge on any atom is -0.367 e. The molecule has 0 atom stereocenters. The molecule has 8 heteroatoms. The molecule has 0 radical (unpaired) electrons. The predicted octanol–water partition coefficient (Wildman–Crippen LogP) is 4.54. The van der Waals surface area contributed by atoms with Crippen molar-refractivity contribution in [1.29, 1.82) is 0 Å². The van der Waals surface area contributed by atoms with E-state index in [1.54, 1.807) is 19.2 Å². The third-order valence-electron chi connectivity index (χ3n) is 4.83. The lowest BCUT2D eigenvalue weighted by atomic mass is 10.1. The van der Waals surface area contributed by atoms with Gasteiger partial charge in [-0.1, -0.05) is 42.5 Å². The zero-order chi connectivity index (χ0) is 22.1. The molecule has 0 saturated heterocycles. The Balaban J connectivity index is 1.37. The lowest BCUT2D eigenvalue weighted by molar-refractivity contribution is -0.176. The third-order valence-corrected chi connectivity index (χ3v) is 4.83. The normalized spacial score (nSPS) is 12.3. The molecule has 0 spiro atoms. The van der Waals surface area contributed by atoms with E-state index in [9.17, 15) is 13.2 Å². The van der Waals surface area contributed by atoms with Crippen molar-refractivity contribution in [1.82, 2.24) is 15.6 Å². The van der Waals surface area contributed by atoms with E-state index in [-0.39, 0.29) is 6.61 Å². The maximum atomic E-state index is 12.1. The van der Waals surface area contributed by atoms with E-state index in [1.165, 1.54) is 10.9 Å². The van der Waals surface area contributed by atoms with Crippen molar-refractivity contribution >= 4 is 16.9 Å². The smallest absolute Gasteiger partial charge is 0.367 e. The van der Waals surface area contributed by atoms with E-state index in [1.807, 2.05) is 24.3 Å². The molecule has 0 bridgehead atoms. The van der Waals surface area contributed by atoms with Crippen molar-refractivity contribution in [2.45, 2.75) is 32.2 Å². The van der Waals surface area contributed by atoms with Gasteiger partial charge in [0, 0.05) is 37.2 Å². The highest BCUT2D eigenvalue weighted by Crippen LogP contribution is 2.19. The molecule has 166 valence electrons. The van der Waals surface area contributed by atoms with Crippen LogP contribution in [0, 0.1) is 0 Å². The van der Waals surface area contributed by atoms with E-state index in [4.69, 9.17) is 0 Å². The first-order valence-electron chi connectivity index (χ1n) is 10.2. The average Bonchev–Trinajstić information content (AvgIpc) is 3.16. The Kier molecular flexibility index (Phi) is 7.94. The number of benzene rings is 2. The van der Waals surface area contributed by atoms with E-state index in [0.29, 0.717) is 18.1 Å². The van der Waals surface area contributed by atoms with Gasteiger partial charge in [-0.2, -0.15) is 13.2 Å². The molecular weight excluding hydrogens is 405 g/mol. The number of aromatic amines is 1. The standard InChI is InChI=1S/C23H27F3N4O/c1-27-22(28-12-4-5-19-14-29-21-7-3-2-6-20(19)21)30-13-17-8-10-18(11-9-17)15-31-16-23(24,25)26/h2-3,6-11,14,29H,4-5,12-13,15-16H2,1H3,(H2,27,28,30). The molecule has 0 aliphatic rings. The minimum atomic E-state index is -4.30. The fourth-order valence-corrected chi connectivity index (χ4v) is 3.27. The lowest BCUT2D eigenvalue weighted by Gasteiger charge is -2.12. The van der Waals surface area contributed by atoms with Crippen LogP contribution in [0.2, 0.25) is 0 Å². The summed E-state index contributed by atoms with van der Waals surface area (Å²) in [5.74, 6) is 0.705. The molecule has 3 aromatic rings. The number of nitrogens with one attached hydrogen (secondary N) is 3. The van der Waals surface area contributed by atoms with Gasteiger partial charge in [0.1, 0.15) is 6.61 Å². The van der Waals surface area contributed by atoms with Crippen LogP contribution in [0.1, 0.15) is 23.1 Å². The molecule has 0 saturated carbocycles. The number of rotatable bonds is 9. The van der Waals surface area contributed by atoms with Crippen molar-refractivity contribution < 1.29 is 17.9 Å². The number of H-pyrrole nitrogens is 1. The number of nitrogens with zero attached hydrogens (tertiary/aromatic N) is 1. The summed E-state index contributed by atoms with van der Waals surface area (Å²) < 4.78 is 41.0. The number of aryl methyl sites for hydroxylation is 1. The highest BCUT2D eigenvalue weighted by molar-refractivity contribution is 5.83. The SMILES string of the molecule is CN=C(NCCCc1c[nH]c2ccccc12)NCc1ccc(COCC(F)(F)F)cc1. The van der Waals surface area contributed by atoms with Crippen LogP contribution >= 0.6 is 0 Å². The van der Waals surface area contributed by atoms with Gasteiger partial charge >= 0.3 is 6.18 Å². The maximum absolute atomic E-state index is 12.1. The lowest BCUT2D eigenvalue weighted by Crippen LogP contribution is -2.37. The minimum absolute atomic E-state index is 0.0626. The zero-order valence-corrected chi connectivity index (χ0v) is 17.4. The van der Waals surface area contributed by atoms with Crippen LogP contribution in [0.25, 0.3) is 10.9 Å². The molecule has 2 aromatic carbocycles. The van der Waals surface area contributed by atoms with Crippen LogP contribution in [0.5, 0.6) is 0 Å². The van der Waals surface area contributed by atoms with E-state index in [0.717, 1.165) is 30.5 Å². The van der Waals surface area contributed by atoms with Gasteiger partial charge in [0.2, 0.25) is 0 Å². The molecule has 0 aliphatic carbocycles.